The second-order valence-corrected chi connectivity index (χ2v) is 3.19. The van der Waals surface area contributed by atoms with Crippen molar-refractivity contribution in [2.75, 3.05) is 14.2 Å². The van der Waals surface area contributed by atoms with Gasteiger partial charge in [0.25, 0.3) is 0 Å². The molecule has 0 bridgehead atoms. The highest BCUT2D eigenvalue weighted by Gasteiger charge is 2.11. The van der Waals surface area contributed by atoms with Gasteiger partial charge in [-0.15, -0.1) is 0 Å². The molecule has 0 saturated carbocycles. The van der Waals surface area contributed by atoms with E-state index < -0.39 is 6.10 Å². The van der Waals surface area contributed by atoms with Crippen LogP contribution >= 0.6 is 0 Å². The van der Waals surface area contributed by atoms with Crippen LogP contribution in [0.2, 0.25) is 0 Å². The fourth-order valence-corrected chi connectivity index (χ4v) is 1.42. The van der Waals surface area contributed by atoms with Gasteiger partial charge < -0.3 is 14.6 Å². The monoisotopic (exact) mass is 196 g/mol. The first-order valence-electron chi connectivity index (χ1n) is 4.57. The molecule has 0 aliphatic heterocycles. The Kier molecular flexibility index (Phi) is 3.77. The van der Waals surface area contributed by atoms with Crippen LogP contribution in [0.25, 0.3) is 0 Å². The van der Waals surface area contributed by atoms with Crippen LogP contribution in [0.4, 0.5) is 0 Å². The van der Waals surface area contributed by atoms with Crippen LogP contribution in [0.1, 0.15) is 12.5 Å². The number of hydrogen-bond acceptors (Lipinski definition) is 3. The maximum absolute atomic E-state index is 9.33. The highest BCUT2D eigenvalue weighted by atomic mass is 16.5. The van der Waals surface area contributed by atoms with Crippen molar-refractivity contribution in [2.24, 2.45) is 0 Å². The molecule has 3 heteroatoms. The molecule has 1 rings (SSSR count). The smallest absolute Gasteiger partial charge is 0.125 e. The summed E-state index contributed by atoms with van der Waals surface area (Å²) in [6, 6.07) is 5.59. The summed E-state index contributed by atoms with van der Waals surface area (Å²) in [4.78, 5) is 0. The van der Waals surface area contributed by atoms with Gasteiger partial charge in [-0.3, -0.25) is 0 Å². The largest absolute Gasteiger partial charge is 0.496 e. The molecule has 0 aromatic heterocycles. The molecule has 0 aliphatic rings. The van der Waals surface area contributed by atoms with Crippen molar-refractivity contribution < 1.29 is 14.6 Å². The zero-order valence-electron chi connectivity index (χ0n) is 8.78. The van der Waals surface area contributed by atoms with E-state index in [0.29, 0.717) is 6.42 Å². The van der Waals surface area contributed by atoms with Gasteiger partial charge in [0.15, 0.2) is 0 Å². The second-order valence-electron chi connectivity index (χ2n) is 3.19. The fourth-order valence-electron chi connectivity index (χ4n) is 1.42. The van der Waals surface area contributed by atoms with Crippen LogP contribution in [-0.2, 0) is 6.42 Å². The number of methoxy groups -OCH3 is 2. The lowest BCUT2D eigenvalue weighted by atomic mass is 10.1. The predicted octanol–water partition coefficient (Wildman–Crippen LogP) is 1.63. The summed E-state index contributed by atoms with van der Waals surface area (Å²) >= 11 is 0. The topological polar surface area (TPSA) is 38.7 Å². The molecule has 3 nitrogen and oxygen atoms in total. The molecule has 0 spiro atoms. The fraction of sp³-hybridized carbons (Fsp3) is 0.455. The van der Waals surface area contributed by atoms with Crippen molar-refractivity contribution in [3.63, 3.8) is 0 Å². The zero-order chi connectivity index (χ0) is 10.6. The van der Waals surface area contributed by atoms with E-state index in [0.717, 1.165) is 17.1 Å². The highest BCUT2D eigenvalue weighted by Crippen LogP contribution is 2.29. The molecule has 1 aromatic rings. The zero-order valence-corrected chi connectivity index (χ0v) is 8.78. The van der Waals surface area contributed by atoms with Crippen molar-refractivity contribution >= 4 is 0 Å². The number of benzene rings is 1. The summed E-state index contributed by atoms with van der Waals surface area (Å²) in [6.45, 7) is 1.74. The molecule has 0 radical (unpaired) electrons. The van der Waals surface area contributed by atoms with Gasteiger partial charge in [-0.25, -0.2) is 0 Å². The Labute approximate surface area is 84.3 Å². The summed E-state index contributed by atoms with van der Waals surface area (Å²) in [6.07, 6.45) is 0.132. The number of aliphatic hydroxyl groups is 1. The standard InChI is InChI=1S/C11H16O3/c1-8(12)7-9-10(13-2)5-4-6-11(9)14-3/h4-6,8,12H,7H2,1-3H3. The minimum atomic E-state index is -0.403. The van der Waals surface area contributed by atoms with Gasteiger partial charge in [0, 0.05) is 12.0 Å². The van der Waals surface area contributed by atoms with Gasteiger partial charge in [0.1, 0.15) is 11.5 Å². The van der Waals surface area contributed by atoms with Crippen molar-refractivity contribution in [1.82, 2.24) is 0 Å². The molecule has 0 saturated heterocycles. The van der Waals surface area contributed by atoms with Crippen LogP contribution in [0.15, 0.2) is 18.2 Å². The Balaban J connectivity index is 3.05. The Morgan fingerprint density at radius 2 is 1.71 bits per heavy atom. The van der Waals surface area contributed by atoms with Gasteiger partial charge in [0.2, 0.25) is 0 Å². The molecule has 1 unspecified atom stereocenters. The highest BCUT2D eigenvalue weighted by molar-refractivity contribution is 5.45. The van der Waals surface area contributed by atoms with E-state index in [1.807, 2.05) is 18.2 Å². The number of aliphatic hydroxyl groups excluding tert-OH is 1. The maximum Gasteiger partial charge on any atom is 0.125 e. The molecule has 1 aromatic carbocycles. The Morgan fingerprint density at radius 3 is 2.07 bits per heavy atom. The molecule has 0 fully saturated rings. The quantitative estimate of drug-likeness (QED) is 0.795. The van der Waals surface area contributed by atoms with E-state index in [9.17, 15) is 5.11 Å². The molecule has 14 heavy (non-hydrogen) atoms. The third-order valence-corrected chi connectivity index (χ3v) is 2.03. The molecule has 78 valence electrons. The van der Waals surface area contributed by atoms with Crippen molar-refractivity contribution in [3.05, 3.63) is 23.8 Å². The lowest BCUT2D eigenvalue weighted by Crippen LogP contribution is -2.07. The van der Waals surface area contributed by atoms with Crippen molar-refractivity contribution in [3.8, 4) is 11.5 Å². The SMILES string of the molecule is COc1cccc(OC)c1CC(C)O. The van der Waals surface area contributed by atoms with E-state index in [2.05, 4.69) is 0 Å². The average Bonchev–Trinajstić information content (AvgIpc) is 2.17. The van der Waals surface area contributed by atoms with Crippen LogP contribution in [0.3, 0.4) is 0 Å². The maximum atomic E-state index is 9.33. The average molecular weight is 196 g/mol. The lowest BCUT2D eigenvalue weighted by Gasteiger charge is -2.13. The Bertz CT molecular complexity index is 272. The van der Waals surface area contributed by atoms with E-state index in [1.165, 1.54) is 0 Å². The number of ether oxygens (including phenoxy) is 2. The van der Waals surface area contributed by atoms with Crippen LogP contribution in [-0.4, -0.2) is 25.4 Å². The molecule has 0 heterocycles. The number of hydrogen-bond donors (Lipinski definition) is 1. The van der Waals surface area contributed by atoms with Gasteiger partial charge >= 0.3 is 0 Å². The summed E-state index contributed by atoms with van der Waals surface area (Å²) in [5.41, 5.74) is 0.910. The van der Waals surface area contributed by atoms with Gasteiger partial charge in [-0.2, -0.15) is 0 Å². The Hall–Kier alpha value is -1.22. The van der Waals surface area contributed by atoms with Crippen molar-refractivity contribution in [1.29, 1.82) is 0 Å². The van der Waals surface area contributed by atoms with E-state index in [4.69, 9.17) is 9.47 Å². The minimum Gasteiger partial charge on any atom is -0.496 e. The predicted molar refractivity (Wildman–Crippen MR) is 54.9 cm³/mol. The Morgan fingerprint density at radius 1 is 1.21 bits per heavy atom. The van der Waals surface area contributed by atoms with Gasteiger partial charge in [-0.05, 0) is 19.1 Å². The molecule has 0 aliphatic carbocycles. The molecule has 1 N–H and O–H groups in total. The summed E-state index contributed by atoms with van der Waals surface area (Å²) in [7, 11) is 3.22. The number of rotatable bonds is 4. The summed E-state index contributed by atoms with van der Waals surface area (Å²) in [5, 5.41) is 9.33. The molecular formula is C11H16O3. The normalized spacial score (nSPS) is 12.3. The van der Waals surface area contributed by atoms with Crippen LogP contribution < -0.4 is 9.47 Å². The van der Waals surface area contributed by atoms with Crippen LogP contribution in [0.5, 0.6) is 11.5 Å². The first kappa shape index (κ1) is 10.9. The molecular weight excluding hydrogens is 180 g/mol. The summed E-state index contributed by atoms with van der Waals surface area (Å²) in [5.74, 6) is 1.51. The lowest BCUT2D eigenvalue weighted by molar-refractivity contribution is 0.192. The van der Waals surface area contributed by atoms with Gasteiger partial charge in [-0.1, -0.05) is 6.07 Å². The first-order chi connectivity index (χ1) is 6.69. The van der Waals surface area contributed by atoms with Gasteiger partial charge in [0.05, 0.1) is 20.3 Å². The third-order valence-electron chi connectivity index (χ3n) is 2.03. The second kappa shape index (κ2) is 4.86. The molecule has 1 atom stereocenters. The van der Waals surface area contributed by atoms with Crippen LogP contribution in [0, 0.1) is 0 Å². The molecule has 0 amide bonds. The minimum absolute atomic E-state index is 0.403. The first-order valence-corrected chi connectivity index (χ1v) is 4.57. The third kappa shape index (κ3) is 2.39. The van der Waals surface area contributed by atoms with E-state index in [1.54, 1.807) is 21.1 Å². The van der Waals surface area contributed by atoms with E-state index in [-0.39, 0.29) is 0 Å². The van der Waals surface area contributed by atoms with Crippen molar-refractivity contribution in [2.45, 2.75) is 19.4 Å². The summed E-state index contributed by atoms with van der Waals surface area (Å²) < 4.78 is 10.4. The van der Waals surface area contributed by atoms with E-state index >= 15 is 0 Å².